The lowest BCUT2D eigenvalue weighted by Gasteiger charge is -2.11. The smallest absolute Gasteiger partial charge is 0.497 e. The van der Waals surface area contributed by atoms with Crippen LogP contribution in [0.1, 0.15) is 12.1 Å². The molecule has 3 aromatic rings. The Morgan fingerprint density at radius 3 is 2.03 bits per heavy atom. The monoisotopic (exact) mass is 448 g/mol. The molecule has 0 N–H and O–H groups in total. The number of nitrogens with zero attached hydrogens (tertiary/aromatic N) is 2. The average Bonchev–Trinajstić information content (AvgIpc) is 3.13. The van der Waals surface area contributed by atoms with E-state index in [1.54, 1.807) is 24.3 Å². The standard InChI is InChI=1S/C18H13F5N2O4S/c1-28-13-6-2-11(3-7-13)17-24-15(16(19)20)10-25(17)12-4-8-14(9-5-12)29-30(26,27)18(21,22)23/h2-10,16H,1H3. The number of imidazole rings is 1. The van der Waals surface area contributed by atoms with Gasteiger partial charge in [-0.3, -0.25) is 4.57 Å². The van der Waals surface area contributed by atoms with Crippen LogP contribution < -0.4 is 8.92 Å². The fourth-order valence-electron chi connectivity index (χ4n) is 2.48. The Morgan fingerprint density at radius 2 is 1.53 bits per heavy atom. The maximum absolute atomic E-state index is 13.2. The SMILES string of the molecule is COc1ccc(-c2nc(C(F)F)cn2-c2ccc(OS(=O)(=O)C(F)(F)F)cc2)cc1. The number of hydrogen-bond donors (Lipinski definition) is 0. The van der Waals surface area contributed by atoms with Crippen LogP contribution in [0.3, 0.4) is 0 Å². The molecule has 0 atom stereocenters. The molecule has 0 aliphatic rings. The maximum atomic E-state index is 13.2. The lowest BCUT2D eigenvalue weighted by molar-refractivity contribution is -0.0500. The second-order valence-electron chi connectivity index (χ2n) is 5.87. The molecule has 30 heavy (non-hydrogen) atoms. The average molecular weight is 448 g/mol. The lowest BCUT2D eigenvalue weighted by atomic mass is 10.2. The van der Waals surface area contributed by atoms with Crippen LogP contribution >= 0.6 is 0 Å². The normalized spacial score (nSPS) is 12.2. The van der Waals surface area contributed by atoms with Gasteiger partial charge in [-0.2, -0.15) is 21.6 Å². The van der Waals surface area contributed by atoms with Crippen molar-refractivity contribution in [2.75, 3.05) is 7.11 Å². The van der Waals surface area contributed by atoms with Crippen molar-refractivity contribution in [3.63, 3.8) is 0 Å². The van der Waals surface area contributed by atoms with Crippen molar-refractivity contribution < 1.29 is 39.3 Å². The Balaban J connectivity index is 1.98. The van der Waals surface area contributed by atoms with E-state index >= 15 is 0 Å². The highest BCUT2D eigenvalue weighted by atomic mass is 32.2. The topological polar surface area (TPSA) is 70.4 Å². The number of ether oxygens (including phenoxy) is 1. The summed E-state index contributed by atoms with van der Waals surface area (Å²) < 4.78 is 96.2. The molecule has 0 aliphatic carbocycles. The van der Waals surface area contributed by atoms with Gasteiger partial charge in [0.1, 0.15) is 23.0 Å². The number of halogens is 5. The molecule has 0 spiro atoms. The summed E-state index contributed by atoms with van der Waals surface area (Å²) in [7, 11) is -4.36. The van der Waals surface area contributed by atoms with E-state index in [1.165, 1.54) is 23.8 Å². The second kappa shape index (κ2) is 7.94. The van der Waals surface area contributed by atoms with E-state index in [4.69, 9.17) is 4.74 Å². The van der Waals surface area contributed by atoms with Gasteiger partial charge in [0.05, 0.1) is 7.11 Å². The molecule has 0 radical (unpaired) electrons. The molecule has 0 amide bonds. The van der Waals surface area contributed by atoms with E-state index < -0.39 is 33.5 Å². The zero-order valence-electron chi connectivity index (χ0n) is 15.1. The quantitative estimate of drug-likeness (QED) is 0.310. The summed E-state index contributed by atoms with van der Waals surface area (Å²) >= 11 is 0. The van der Waals surface area contributed by atoms with Crippen LogP contribution in [0.5, 0.6) is 11.5 Å². The highest BCUT2D eigenvalue weighted by molar-refractivity contribution is 7.88. The molecule has 2 aromatic carbocycles. The fourth-order valence-corrected chi connectivity index (χ4v) is 2.94. The van der Waals surface area contributed by atoms with Gasteiger partial charge in [0.25, 0.3) is 6.43 Å². The molecule has 160 valence electrons. The zero-order valence-corrected chi connectivity index (χ0v) is 15.9. The first kappa shape index (κ1) is 21.6. The van der Waals surface area contributed by atoms with Crippen molar-refractivity contribution in [1.82, 2.24) is 9.55 Å². The molecule has 0 fully saturated rings. The minimum atomic E-state index is -5.82. The molecular weight excluding hydrogens is 435 g/mol. The van der Waals surface area contributed by atoms with Crippen LogP contribution in [-0.4, -0.2) is 30.6 Å². The summed E-state index contributed by atoms with van der Waals surface area (Å²) in [6, 6.07) is 10.8. The van der Waals surface area contributed by atoms with Gasteiger partial charge in [-0.15, -0.1) is 0 Å². The van der Waals surface area contributed by atoms with Crippen molar-refractivity contribution in [3.8, 4) is 28.6 Å². The van der Waals surface area contributed by atoms with E-state index in [1.807, 2.05) is 0 Å². The van der Waals surface area contributed by atoms with E-state index in [9.17, 15) is 30.4 Å². The summed E-state index contributed by atoms with van der Waals surface area (Å²) in [5.41, 5.74) is -5.37. The van der Waals surface area contributed by atoms with Gasteiger partial charge in [-0.1, -0.05) is 0 Å². The van der Waals surface area contributed by atoms with Gasteiger partial charge in [0.2, 0.25) is 0 Å². The summed E-state index contributed by atoms with van der Waals surface area (Å²) in [4.78, 5) is 3.92. The van der Waals surface area contributed by atoms with Crippen molar-refractivity contribution in [2.24, 2.45) is 0 Å². The van der Waals surface area contributed by atoms with Crippen LogP contribution in [0.2, 0.25) is 0 Å². The Bertz CT molecular complexity index is 1120. The number of rotatable bonds is 6. The molecule has 0 aliphatic heterocycles. The first-order valence-corrected chi connectivity index (χ1v) is 9.55. The number of methoxy groups -OCH3 is 1. The van der Waals surface area contributed by atoms with E-state index in [2.05, 4.69) is 9.17 Å². The van der Waals surface area contributed by atoms with Gasteiger partial charge in [0, 0.05) is 17.4 Å². The molecule has 3 rings (SSSR count). The van der Waals surface area contributed by atoms with Crippen LogP contribution in [-0.2, 0) is 10.1 Å². The molecular formula is C18H13F5N2O4S. The molecule has 12 heteroatoms. The first-order valence-electron chi connectivity index (χ1n) is 8.15. The van der Waals surface area contributed by atoms with Crippen molar-refractivity contribution in [2.45, 2.75) is 11.9 Å². The Labute approximate surface area is 167 Å². The van der Waals surface area contributed by atoms with Crippen molar-refractivity contribution in [1.29, 1.82) is 0 Å². The molecule has 0 unspecified atom stereocenters. The van der Waals surface area contributed by atoms with Gasteiger partial charge in [-0.05, 0) is 48.5 Å². The van der Waals surface area contributed by atoms with Crippen LogP contribution in [0.15, 0.2) is 54.7 Å². The minimum absolute atomic E-state index is 0.143. The maximum Gasteiger partial charge on any atom is 0.534 e. The van der Waals surface area contributed by atoms with E-state index in [0.717, 1.165) is 18.3 Å². The highest BCUT2D eigenvalue weighted by Gasteiger charge is 2.48. The third-order valence-electron chi connectivity index (χ3n) is 3.90. The third-order valence-corrected chi connectivity index (χ3v) is 4.88. The Kier molecular flexibility index (Phi) is 5.70. The number of benzene rings is 2. The molecule has 1 aromatic heterocycles. The number of aromatic nitrogens is 2. The molecule has 0 saturated heterocycles. The highest BCUT2D eigenvalue weighted by Crippen LogP contribution is 2.30. The van der Waals surface area contributed by atoms with Crippen LogP contribution in [0.4, 0.5) is 22.0 Å². The molecule has 0 bridgehead atoms. The van der Waals surface area contributed by atoms with E-state index in [0.29, 0.717) is 11.3 Å². The van der Waals surface area contributed by atoms with Gasteiger partial charge in [-0.25, -0.2) is 13.8 Å². The fraction of sp³-hybridized carbons (Fsp3) is 0.167. The van der Waals surface area contributed by atoms with Crippen molar-refractivity contribution >= 4 is 10.1 Å². The molecule has 6 nitrogen and oxygen atoms in total. The minimum Gasteiger partial charge on any atom is -0.497 e. The third kappa shape index (κ3) is 4.37. The summed E-state index contributed by atoms with van der Waals surface area (Å²) in [5, 5.41) is 0. The van der Waals surface area contributed by atoms with Crippen molar-refractivity contribution in [3.05, 3.63) is 60.4 Å². The van der Waals surface area contributed by atoms with Crippen LogP contribution in [0, 0.1) is 0 Å². The largest absolute Gasteiger partial charge is 0.534 e. The summed E-state index contributed by atoms with van der Waals surface area (Å²) in [6.45, 7) is 0. The van der Waals surface area contributed by atoms with Gasteiger partial charge < -0.3 is 8.92 Å². The predicted octanol–water partition coefficient (Wildman–Crippen LogP) is 4.71. The van der Waals surface area contributed by atoms with Gasteiger partial charge >= 0.3 is 15.6 Å². The Hall–Kier alpha value is -3.15. The second-order valence-corrected chi connectivity index (χ2v) is 7.40. The molecule has 1 heterocycles. The van der Waals surface area contributed by atoms with Crippen LogP contribution in [0.25, 0.3) is 17.1 Å². The van der Waals surface area contributed by atoms with Gasteiger partial charge in [0.15, 0.2) is 0 Å². The number of hydrogen-bond acceptors (Lipinski definition) is 5. The first-order chi connectivity index (χ1) is 14.0. The number of alkyl halides is 5. The zero-order chi connectivity index (χ0) is 22.1. The summed E-state index contributed by atoms with van der Waals surface area (Å²) in [5.74, 6) is 0.0964. The van der Waals surface area contributed by atoms with E-state index in [-0.39, 0.29) is 11.5 Å². The Morgan fingerprint density at radius 1 is 0.967 bits per heavy atom. The molecule has 0 saturated carbocycles. The predicted molar refractivity (Wildman–Crippen MR) is 96.1 cm³/mol. The lowest BCUT2D eigenvalue weighted by Crippen LogP contribution is -2.28. The summed E-state index contributed by atoms with van der Waals surface area (Å²) in [6.07, 6.45) is -1.78.